The van der Waals surface area contributed by atoms with Crippen LogP contribution in [-0.4, -0.2) is 12.1 Å². The number of aromatic nitrogens is 1. The van der Waals surface area contributed by atoms with Gasteiger partial charge in [-0.1, -0.05) is 17.7 Å². The third kappa shape index (κ3) is 3.90. The molecule has 150 valence electrons. The van der Waals surface area contributed by atoms with E-state index in [4.69, 9.17) is 26.8 Å². The minimum absolute atomic E-state index is 0.00911. The van der Waals surface area contributed by atoms with Gasteiger partial charge in [0, 0.05) is 11.1 Å². The largest absolute Gasteiger partial charge is 0.496 e. The number of aromatic amines is 1. The van der Waals surface area contributed by atoms with Crippen LogP contribution in [0.1, 0.15) is 16.7 Å². The maximum atomic E-state index is 13.2. The summed E-state index contributed by atoms with van der Waals surface area (Å²) >= 11 is 5.99. The van der Waals surface area contributed by atoms with Crippen LogP contribution in [0.15, 0.2) is 41.2 Å². The average Bonchev–Trinajstić information content (AvgIpc) is 2.72. The molecule has 30 heavy (non-hydrogen) atoms. The molecule has 3 rings (SSSR count). The van der Waals surface area contributed by atoms with Crippen molar-refractivity contribution in [3.05, 3.63) is 74.3 Å². The summed E-state index contributed by atoms with van der Waals surface area (Å²) in [6.07, 6.45) is 0. The van der Waals surface area contributed by atoms with Crippen LogP contribution in [0.3, 0.4) is 0 Å². The molecule has 7 nitrogen and oxygen atoms in total. The molecule has 0 amide bonds. The van der Waals surface area contributed by atoms with E-state index in [1.54, 1.807) is 18.2 Å². The molecule has 0 saturated heterocycles. The minimum atomic E-state index is -0.698. The predicted octanol–water partition coefficient (Wildman–Crippen LogP) is 3.75. The third-order valence-electron chi connectivity index (χ3n) is 4.31. The molecule has 0 aliphatic carbocycles. The van der Waals surface area contributed by atoms with Crippen LogP contribution in [0, 0.1) is 28.5 Å². The molecule has 1 aromatic heterocycles. The number of methoxy groups -OCH3 is 1. The van der Waals surface area contributed by atoms with E-state index in [2.05, 4.69) is 4.98 Å². The zero-order valence-electron chi connectivity index (χ0n) is 15.6. The first-order valence-corrected chi connectivity index (χ1v) is 8.88. The highest BCUT2D eigenvalue weighted by atomic mass is 35.5. The van der Waals surface area contributed by atoms with Crippen molar-refractivity contribution in [2.24, 2.45) is 0 Å². The number of nitriles is 2. The maximum Gasteiger partial charge on any atom is 0.268 e. The van der Waals surface area contributed by atoms with Crippen LogP contribution < -0.4 is 20.8 Å². The number of rotatable bonds is 5. The minimum Gasteiger partial charge on any atom is -0.496 e. The molecule has 0 aliphatic heterocycles. The van der Waals surface area contributed by atoms with Gasteiger partial charge in [0.05, 0.1) is 12.1 Å². The molecule has 0 aliphatic rings. The fourth-order valence-corrected chi connectivity index (χ4v) is 3.15. The van der Waals surface area contributed by atoms with Gasteiger partial charge < -0.3 is 20.2 Å². The lowest BCUT2D eigenvalue weighted by molar-refractivity contribution is 0.296. The number of nitrogens with one attached hydrogen (secondary N) is 1. The van der Waals surface area contributed by atoms with Crippen molar-refractivity contribution >= 4 is 17.4 Å². The fourth-order valence-electron chi connectivity index (χ4n) is 2.93. The number of ether oxygens (including phenoxy) is 2. The van der Waals surface area contributed by atoms with Gasteiger partial charge in [-0.15, -0.1) is 0 Å². The van der Waals surface area contributed by atoms with Crippen molar-refractivity contribution in [2.75, 3.05) is 12.8 Å². The number of hydrogen-bond donors (Lipinski definition) is 2. The Morgan fingerprint density at radius 1 is 1.13 bits per heavy atom. The molecule has 0 bridgehead atoms. The van der Waals surface area contributed by atoms with E-state index >= 15 is 0 Å². The molecule has 0 atom stereocenters. The zero-order chi connectivity index (χ0) is 21.8. The summed E-state index contributed by atoms with van der Waals surface area (Å²) in [5.41, 5.74) is 5.88. The summed E-state index contributed by atoms with van der Waals surface area (Å²) in [6, 6.07) is 12.3. The quantitative estimate of drug-likeness (QED) is 0.642. The van der Waals surface area contributed by atoms with Gasteiger partial charge in [0.1, 0.15) is 53.0 Å². The van der Waals surface area contributed by atoms with Gasteiger partial charge in [-0.2, -0.15) is 10.5 Å². The Morgan fingerprint density at radius 2 is 1.83 bits per heavy atom. The van der Waals surface area contributed by atoms with Crippen molar-refractivity contribution in [2.45, 2.75) is 6.61 Å². The summed E-state index contributed by atoms with van der Waals surface area (Å²) in [5, 5.41) is 19.0. The van der Waals surface area contributed by atoms with E-state index in [0.717, 1.165) is 6.07 Å². The van der Waals surface area contributed by atoms with Gasteiger partial charge >= 0.3 is 0 Å². The number of benzene rings is 2. The Bertz CT molecular complexity index is 1270. The molecule has 2 aromatic carbocycles. The molecule has 9 heteroatoms. The van der Waals surface area contributed by atoms with Crippen LogP contribution in [0.2, 0.25) is 5.02 Å². The van der Waals surface area contributed by atoms with E-state index in [1.807, 2.05) is 12.1 Å². The SMILES string of the molecule is COc1ccc(-c2c(C#N)c(N)[nH]c(=O)c2C#N)cc1COc1ccc(F)cc1Cl. The molecule has 3 N–H and O–H groups in total. The second-order valence-electron chi connectivity index (χ2n) is 6.11. The van der Waals surface area contributed by atoms with Gasteiger partial charge in [-0.3, -0.25) is 4.79 Å². The summed E-state index contributed by atoms with van der Waals surface area (Å²) in [6.45, 7) is -0.00911. The highest BCUT2D eigenvalue weighted by Gasteiger charge is 2.19. The standard InChI is InChI=1S/C21H14ClFN4O3/c1-29-17-4-2-11(19-14(8-24)20(26)27-21(28)15(19)9-25)6-12(17)10-30-18-5-3-13(23)7-16(18)22/h2-7H,10H2,1H3,(H3,26,27,28). The molecular weight excluding hydrogens is 411 g/mol. The lowest BCUT2D eigenvalue weighted by atomic mass is 9.95. The average molecular weight is 425 g/mol. The third-order valence-corrected chi connectivity index (χ3v) is 4.61. The first-order valence-electron chi connectivity index (χ1n) is 8.50. The summed E-state index contributed by atoms with van der Waals surface area (Å²) in [5.74, 6) is 0.100. The van der Waals surface area contributed by atoms with Gasteiger partial charge in [0.2, 0.25) is 0 Å². The van der Waals surface area contributed by atoms with Crippen LogP contribution in [-0.2, 0) is 6.61 Å². The van der Waals surface area contributed by atoms with Gasteiger partial charge in [0.15, 0.2) is 0 Å². The monoisotopic (exact) mass is 424 g/mol. The molecule has 0 radical (unpaired) electrons. The van der Waals surface area contributed by atoms with Crippen molar-refractivity contribution in [1.29, 1.82) is 10.5 Å². The topological polar surface area (TPSA) is 125 Å². The van der Waals surface area contributed by atoms with Crippen LogP contribution in [0.5, 0.6) is 11.5 Å². The first-order chi connectivity index (χ1) is 14.4. The highest BCUT2D eigenvalue weighted by molar-refractivity contribution is 6.32. The van der Waals surface area contributed by atoms with E-state index in [-0.39, 0.29) is 39.9 Å². The second kappa shape index (κ2) is 8.56. The molecule has 1 heterocycles. The van der Waals surface area contributed by atoms with Crippen molar-refractivity contribution in [1.82, 2.24) is 4.98 Å². The molecule has 0 fully saturated rings. The van der Waals surface area contributed by atoms with Crippen LogP contribution in [0.25, 0.3) is 11.1 Å². The number of nitrogen functional groups attached to an aromatic ring is 1. The molecule has 0 spiro atoms. The van der Waals surface area contributed by atoms with Crippen LogP contribution in [0.4, 0.5) is 10.2 Å². The Morgan fingerprint density at radius 3 is 2.47 bits per heavy atom. The molecule has 0 saturated carbocycles. The predicted molar refractivity (Wildman–Crippen MR) is 109 cm³/mol. The number of pyridine rings is 1. The number of H-pyrrole nitrogens is 1. The summed E-state index contributed by atoms with van der Waals surface area (Å²) in [7, 11) is 1.47. The first kappa shape index (κ1) is 20.7. The number of anilines is 1. The van der Waals surface area contributed by atoms with E-state index in [9.17, 15) is 19.7 Å². The highest BCUT2D eigenvalue weighted by Crippen LogP contribution is 2.33. The Hall–Kier alpha value is -4.01. The van der Waals surface area contributed by atoms with Crippen molar-refractivity contribution in [3.8, 4) is 34.8 Å². The lowest BCUT2D eigenvalue weighted by Crippen LogP contribution is -2.16. The molecule has 3 aromatic rings. The van der Waals surface area contributed by atoms with E-state index < -0.39 is 11.4 Å². The zero-order valence-corrected chi connectivity index (χ0v) is 16.4. The molecular formula is C21H14ClFN4O3. The number of hydrogen-bond acceptors (Lipinski definition) is 6. The number of nitrogens with two attached hydrogens (primary N) is 1. The summed E-state index contributed by atoms with van der Waals surface area (Å²) in [4.78, 5) is 14.5. The Balaban J connectivity index is 2.09. The van der Waals surface area contributed by atoms with E-state index in [1.165, 1.54) is 19.2 Å². The smallest absolute Gasteiger partial charge is 0.268 e. The fraction of sp³-hybridized carbons (Fsp3) is 0.0952. The van der Waals surface area contributed by atoms with Crippen LogP contribution >= 0.6 is 11.6 Å². The van der Waals surface area contributed by atoms with Crippen molar-refractivity contribution < 1.29 is 13.9 Å². The number of nitrogens with zero attached hydrogens (tertiary/aromatic N) is 2. The Kier molecular flexibility index (Phi) is 5.91. The van der Waals surface area contributed by atoms with Gasteiger partial charge in [-0.05, 0) is 35.9 Å². The molecule has 0 unspecified atom stereocenters. The normalized spacial score (nSPS) is 10.2. The summed E-state index contributed by atoms with van der Waals surface area (Å²) < 4.78 is 24.2. The van der Waals surface area contributed by atoms with Gasteiger partial charge in [0.25, 0.3) is 5.56 Å². The van der Waals surface area contributed by atoms with E-state index in [0.29, 0.717) is 16.9 Å². The maximum absolute atomic E-state index is 13.2. The second-order valence-corrected chi connectivity index (χ2v) is 6.51. The van der Waals surface area contributed by atoms with Gasteiger partial charge in [-0.25, -0.2) is 4.39 Å². The Labute approximate surface area is 175 Å². The van der Waals surface area contributed by atoms with Crippen molar-refractivity contribution in [3.63, 3.8) is 0 Å². The lowest BCUT2D eigenvalue weighted by Gasteiger charge is -2.14. The number of halogens is 2.